The molecule has 0 saturated heterocycles. The van der Waals surface area contributed by atoms with Crippen LogP contribution in [0.3, 0.4) is 0 Å². The number of nitrogen functional groups attached to an aromatic ring is 1. The second-order valence-corrected chi connectivity index (χ2v) is 5.35. The molecule has 2 aromatic carbocycles. The Morgan fingerprint density at radius 2 is 2.00 bits per heavy atom. The van der Waals surface area contributed by atoms with Gasteiger partial charge in [-0.15, -0.1) is 0 Å². The second-order valence-electron chi connectivity index (χ2n) is 5.35. The van der Waals surface area contributed by atoms with Crippen molar-refractivity contribution in [1.82, 2.24) is 0 Å². The summed E-state index contributed by atoms with van der Waals surface area (Å²) in [6.45, 7) is 0.382. The predicted molar refractivity (Wildman–Crippen MR) is 81.4 cm³/mol. The summed E-state index contributed by atoms with van der Waals surface area (Å²) >= 11 is 0. The molecular formula is C17H17FN2O. The number of benzene rings is 2. The molecule has 3 rings (SSSR count). The van der Waals surface area contributed by atoms with Gasteiger partial charge in [0, 0.05) is 17.8 Å². The molecule has 108 valence electrons. The molecule has 0 saturated carbocycles. The van der Waals surface area contributed by atoms with Crippen molar-refractivity contribution in [2.24, 2.45) is 0 Å². The molecule has 0 radical (unpaired) electrons. The molecule has 0 unspecified atom stereocenters. The highest BCUT2D eigenvalue weighted by Crippen LogP contribution is 2.30. The van der Waals surface area contributed by atoms with Crippen LogP contribution in [-0.2, 0) is 17.8 Å². The van der Waals surface area contributed by atoms with Gasteiger partial charge in [0.05, 0.1) is 6.54 Å². The molecule has 0 aromatic heterocycles. The third-order valence-electron chi connectivity index (χ3n) is 3.76. The topological polar surface area (TPSA) is 46.3 Å². The highest BCUT2D eigenvalue weighted by molar-refractivity contribution is 5.95. The van der Waals surface area contributed by atoms with Crippen LogP contribution >= 0.6 is 0 Å². The van der Waals surface area contributed by atoms with E-state index in [-0.39, 0.29) is 11.7 Å². The number of fused-ring (bicyclic) bond motifs is 1. The molecule has 0 fully saturated rings. The highest BCUT2D eigenvalue weighted by Gasteiger charge is 2.22. The summed E-state index contributed by atoms with van der Waals surface area (Å²) in [5.41, 5.74) is 9.29. The molecule has 1 aliphatic heterocycles. The van der Waals surface area contributed by atoms with Crippen LogP contribution in [-0.4, -0.2) is 5.91 Å². The highest BCUT2D eigenvalue weighted by atomic mass is 19.1. The molecule has 3 nitrogen and oxygen atoms in total. The maximum Gasteiger partial charge on any atom is 0.227 e. The Kier molecular flexibility index (Phi) is 3.60. The molecule has 2 aromatic rings. The van der Waals surface area contributed by atoms with Crippen molar-refractivity contribution >= 4 is 17.3 Å². The van der Waals surface area contributed by atoms with E-state index in [9.17, 15) is 9.18 Å². The Morgan fingerprint density at radius 1 is 1.14 bits per heavy atom. The fraction of sp³-hybridized carbons (Fsp3) is 0.235. The average Bonchev–Trinajstić information content (AvgIpc) is 2.59. The smallest absolute Gasteiger partial charge is 0.227 e. The summed E-state index contributed by atoms with van der Waals surface area (Å²) < 4.78 is 13.3. The first-order valence-corrected chi connectivity index (χ1v) is 7.07. The number of halogens is 1. The van der Waals surface area contributed by atoms with Crippen molar-refractivity contribution in [2.45, 2.75) is 25.8 Å². The van der Waals surface area contributed by atoms with Crippen molar-refractivity contribution in [1.29, 1.82) is 0 Å². The molecular weight excluding hydrogens is 267 g/mol. The predicted octanol–water partition coefficient (Wildman–Crippen LogP) is 3.28. The fourth-order valence-corrected chi connectivity index (χ4v) is 2.76. The van der Waals surface area contributed by atoms with Crippen LogP contribution in [0.25, 0.3) is 0 Å². The van der Waals surface area contributed by atoms with Crippen LogP contribution in [0.15, 0.2) is 42.5 Å². The summed E-state index contributed by atoms with van der Waals surface area (Å²) in [7, 11) is 0. The molecule has 0 spiro atoms. The molecule has 1 heterocycles. The third kappa shape index (κ3) is 2.89. The zero-order valence-corrected chi connectivity index (χ0v) is 11.7. The molecule has 4 heteroatoms. The Bertz CT molecular complexity index is 684. The van der Waals surface area contributed by atoms with E-state index >= 15 is 0 Å². The van der Waals surface area contributed by atoms with E-state index in [4.69, 9.17) is 5.73 Å². The number of hydrogen-bond donors (Lipinski definition) is 1. The fourth-order valence-electron chi connectivity index (χ4n) is 2.76. The number of hydrogen-bond acceptors (Lipinski definition) is 2. The van der Waals surface area contributed by atoms with Crippen LogP contribution in [0.5, 0.6) is 0 Å². The van der Waals surface area contributed by atoms with Gasteiger partial charge in [-0.05, 0) is 54.3 Å². The van der Waals surface area contributed by atoms with E-state index < -0.39 is 0 Å². The molecule has 1 aliphatic rings. The normalized spacial score (nSPS) is 14.7. The molecule has 0 bridgehead atoms. The average molecular weight is 284 g/mol. The summed E-state index contributed by atoms with van der Waals surface area (Å²) in [6, 6.07) is 12.0. The summed E-state index contributed by atoms with van der Waals surface area (Å²) in [5, 5.41) is 0. The van der Waals surface area contributed by atoms with Gasteiger partial charge in [-0.3, -0.25) is 4.79 Å². The van der Waals surface area contributed by atoms with E-state index in [1.807, 2.05) is 18.2 Å². The van der Waals surface area contributed by atoms with E-state index in [0.717, 1.165) is 29.7 Å². The van der Waals surface area contributed by atoms with E-state index in [1.54, 1.807) is 17.0 Å². The lowest BCUT2D eigenvalue weighted by molar-refractivity contribution is -0.118. The number of nitrogens with two attached hydrogens (primary N) is 1. The van der Waals surface area contributed by atoms with Gasteiger partial charge in [0.1, 0.15) is 5.82 Å². The van der Waals surface area contributed by atoms with Crippen LogP contribution in [0.2, 0.25) is 0 Å². The minimum atomic E-state index is -0.285. The SMILES string of the molecule is Nc1ccc2c(c1)CCCC(=O)N2Cc1cccc(F)c1. The summed E-state index contributed by atoms with van der Waals surface area (Å²) in [4.78, 5) is 14.1. The monoisotopic (exact) mass is 284 g/mol. The Balaban J connectivity index is 1.98. The Labute approximate surface area is 123 Å². The van der Waals surface area contributed by atoms with Crippen LogP contribution < -0.4 is 10.6 Å². The summed E-state index contributed by atoms with van der Waals surface area (Å²) in [6.07, 6.45) is 2.16. The first-order chi connectivity index (χ1) is 10.1. The number of carbonyl (C=O) groups is 1. The van der Waals surface area contributed by atoms with Crippen molar-refractivity contribution in [3.8, 4) is 0 Å². The maximum absolute atomic E-state index is 13.3. The summed E-state index contributed by atoms with van der Waals surface area (Å²) in [5.74, 6) is -0.213. The van der Waals surface area contributed by atoms with Crippen molar-refractivity contribution in [3.63, 3.8) is 0 Å². The van der Waals surface area contributed by atoms with Gasteiger partial charge >= 0.3 is 0 Å². The van der Waals surface area contributed by atoms with Gasteiger partial charge < -0.3 is 10.6 Å². The maximum atomic E-state index is 13.3. The van der Waals surface area contributed by atoms with Crippen molar-refractivity contribution < 1.29 is 9.18 Å². The Morgan fingerprint density at radius 3 is 2.81 bits per heavy atom. The van der Waals surface area contributed by atoms with Gasteiger partial charge in [0.15, 0.2) is 0 Å². The van der Waals surface area contributed by atoms with Gasteiger partial charge in [-0.25, -0.2) is 4.39 Å². The standard InChI is InChI=1S/C17H17FN2O/c18-14-5-1-3-12(9-14)11-20-16-8-7-15(19)10-13(16)4-2-6-17(20)21/h1,3,5,7-10H,2,4,6,11,19H2. The quantitative estimate of drug-likeness (QED) is 0.860. The number of aryl methyl sites for hydroxylation is 1. The lowest BCUT2D eigenvalue weighted by Crippen LogP contribution is -2.29. The number of nitrogens with zero attached hydrogens (tertiary/aromatic N) is 1. The molecule has 2 N–H and O–H groups in total. The molecule has 21 heavy (non-hydrogen) atoms. The largest absolute Gasteiger partial charge is 0.399 e. The van der Waals surface area contributed by atoms with Gasteiger partial charge in [0.2, 0.25) is 5.91 Å². The number of carbonyl (C=O) groups excluding carboxylic acids is 1. The van der Waals surface area contributed by atoms with Crippen molar-refractivity contribution in [2.75, 3.05) is 10.6 Å². The first-order valence-electron chi connectivity index (χ1n) is 7.07. The molecule has 0 atom stereocenters. The van der Waals surface area contributed by atoms with E-state index in [1.165, 1.54) is 12.1 Å². The van der Waals surface area contributed by atoms with Crippen LogP contribution in [0, 0.1) is 5.82 Å². The zero-order chi connectivity index (χ0) is 14.8. The van der Waals surface area contributed by atoms with E-state index in [2.05, 4.69) is 0 Å². The number of amides is 1. The number of anilines is 2. The van der Waals surface area contributed by atoms with Gasteiger partial charge in [-0.1, -0.05) is 12.1 Å². The van der Waals surface area contributed by atoms with Crippen LogP contribution in [0.4, 0.5) is 15.8 Å². The lowest BCUT2D eigenvalue weighted by Gasteiger charge is -2.23. The molecule has 0 aliphatic carbocycles. The number of rotatable bonds is 2. The third-order valence-corrected chi connectivity index (χ3v) is 3.76. The lowest BCUT2D eigenvalue weighted by atomic mass is 10.1. The first kappa shape index (κ1) is 13.6. The minimum Gasteiger partial charge on any atom is -0.399 e. The van der Waals surface area contributed by atoms with E-state index in [0.29, 0.717) is 18.7 Å². The second kappa shape index (κ2) is 5.56. The molecule has 1 amide bonds. The van der Waals surface area contributed by atoms with Gasteiger partial charge in [-0.2, -0.15) is 0 Å². The van der Waals surface area contributed by atoms with Crippen molar-refractivity contribution in [3.05, 3.63) is 59.4 Å². The zero-order valence-electron chi connectivity index (χ0n) is 11.7. The van der Waals surface area contributed by atoms with Crippen LogP contribution in [0.1, 0.15) is 24.0 Å². The minimum absolute atomic E-state index is 0.0720. The Hall–Kier alpha value is -2.36. The van der Waals surface area contributed by atoms with Gasteiger partial charge in [0.25, 0.3) is 0 Å².